The topological polar surface area (TPSA) is 179 Å². The lowest BCUT2D eigenvalue weighted by molar-refractivity contribution is 0.0694. The first-order valence-corrected chi connectivity index (χ1v) is 18.5. The Morgan fingerprint density at radius 3 is 2.30 bits per heavy atom. The monoisotopic (exact) mass is 773 g/mol. The number of aromatic hydroxyl groups is 2. The number of aromatic amines is 1. The van der Waals surface area contributed by atoms with Crippen molar-refractivity contribution < 1.29 is 20.1 Å². The number of aromatic nitrogens is 2. The van der Waals surface area contributed by atoms with E-state index in [-0.39, 0.29) is 23.6 Å². The van der Waals surface area contributed by atoms with Gasteiger partial charge in [-0.3, -0.25) is 0 Å². The van der Waals surface area contributed by atoms with Gasteiger partial charge < -0.3 is 36.3 Å². The average Bonchev–Trinajstić information content (AvgIpc) is 3.58. The lowest BCUT2D eigenvalue weighted by atomic mass is 10.1. The summed E-state index contributed by atoms with van der Waals surface area (Å²) in [6.45, 7) is 16.7. The molecular formula is C41H49Cl2N7O4. The van der Waals surface area contributed by atoms with Gasteiger partial charge in [-0.25, -0.2) is 14.8 Å². The predicted molar refractivity (Wildman–Crippen MR) is 225 cm³/mol. The Kier molecular flexibility index (Phi) is 18.4. The van der Waals surface area contributed by atoms with E-state index in [0.29, 0.717) is 61.4 Å². The van der Waals surface area contributed by atoms with Crippen LogP contribution < -0.4 is 16.0 Å². The first-order valence-electron chi connectivity index (χ1n) is 17.7. The fourth-order valence-corrected chi connectivity index (χ4v) is 5.06. The third-order valence-corrected chi connectivity index (χ3v) is 7.65. The number of aliphatic imine (C=N–C) groups is 1. The number of benzene rings is 4. The van der Waals surface area contributed by atoms with Crippen LogP contribution in [0.5, 0.6) is 11.5 Å². The molecule has 1 aliphatic rings. The molecule has 2 heterocycles. The number of rotatable bonds is 6. The molecule has 7 N–H and O–H groups in total. The summed E-state index contributed by atoms with van der Waals surface area (Å²) in [7, 11) is 0. The molecule has 0 fully saturated rings. The van der Waals surface area contributed by atoms with Gasteiger partial charge in [0.1, 0.15) is 28.4 Å². The van der Waals surface area contributed by atoms with Gasteiger partial charge in [0.15, 0.2) is 5.75 Å². The molecule has 6 rings (SSSR count). The van der Waals surface area contributed by atoms with Crippen molar-refractivity contribution in [2.45, 2.75) is 61.8 Å². The molecule has 13 heteroatoms. The number of allylic oxidation sites excluding steroid dienone is 1. The molecule has 0 aliphatic carbocycles. The lowest BCUT2D eigenvalue weighted by Crippen LogP contribution is -2.28. The number of nitriles is 1. The molecule has 0 radical (unpaired) electrons. The first kappa shape index (κ1) is 44.5. The second kappa shape index (κ2) is 22.4. The Morgan fingerprint density at radius 1 is 1.02 bits per heavy atom. The van der Waals surface area contributed by atoms with Gasteiger partial charge in [-0.05, 0) is 41.8 Å². The van der Waals surface area contributed by atoms with Gasteiger partial charge in [0.05, 0.1) is 45.1 Å². The van der Waals surface area contributed by atoms with Crippen molar-refractivity contribution in [2.75, 3.05) is 22.5 Å². The maximum absolute atomic E-state index is 11.0. The fourth-order valence-electron chi connectivity index (χ4n) is 4.72. The Labute approximate surface area is 327 Å². The minimum absolute atomic E-state index is 0.0116. The van der Waals surface area contributed by atoms with Gasteiger partial charge >= 0.3 is 5.97 Å². The Hall–Kier alpha value is -5.70. The van der Waals surface area contributed by atoms with E-state index in [2.05, 4.69) is 64.7 Å². The Morgan fingerprint density at radius 2 is 1.69 bits per heavy atom. The van der Waals surface area contributed by atoms with Crippen molar-refractivity contribution in [1.82, 2.24) is 9.97 Å². The molecule has 0 atom stereocenters. The lowest BCUT2D eigenvalue weighted by Gasteiger charge is -2.23. The number of nitrogens with zero attached hydrogens (tertiary/aromatic N) is 3. The van der Waals surface area contributed by atoms with E-state index in [1.807, 2.05) is 64.1 Å². The highest BCUT2D eigenvalue weighted by molar-refractivity contribution is 6.43. The van der Waals surface area contributed by atoms with Crippen molar-refractivity contribution in [1.29, 1.82) is 5.26 Å². The number of anilines is 3. The largest absolute Gasteiger partial charge is 0.506 e. The zero-order valence-corrected chi connectivity index (χ0v) is 33.4. The highest BCUT2D eigenvalue weighted by Crippen LogP contribution is 2.38. The zero-order valence-electron chi connectivity index (χ0n) is 31.8. The highest BCUT2D eigenvalue weighted by atomic mass is 35.5. The van der Waals surface area contributed by atoms with Gasteiger partial charge in [0.25, 0.3) is 0 Å². The number of hydrogen-bond donors (Lipinski definition) is 7. The Bertz CT molecular complexity index is 2090. The first-order chi connectivity index (χ1) is 25.9. The average molecular weight is 775 g/mol. The number of phenols is 2. The van der Waals surface area contributed by atoms with Gasteiger partial charge in [-0.15, -0.1) is 0 Å². The number of imidazole rings is 1. The van der Waals surface area contributed by atoms with E-state index >= 15 is 0 Å². The number of carboxylic acid groups (broad SMARTS) is 1. The molecular weight excluding hydrogens is 725 g/mol. The number of aromatic carboxylic acids is 1. The predicted octanol–water partition coefficient (Wildman–Crippen LogP) is 11.7. The molecule has 54 heavy (non-hydrogen) atoms. The maximum atomic E-state index is 11.0. The molecule has 0 saturated heterocycles. The number of H-pyrrole nitrogens is 1. The van der Waals surface area contributed by atoms with E-state index in [1.54, 1.807) is 30.3 Å². The molecule has 0 bridgehead atoms. The molecule has 1 aromatic heterocycles. The fraction of sp³-hybridized carbons (Fsp3) is 0.268. The van der Waals surface area contributed by atoms with Crippen LogP contribution in [0.25, 0.3) is 16.7 Å². The number of carboxylic acids is 1. The summed E-state index contributed by atoms with van der Waals surface area (Å²) in [6, 6.07) is 23.1. The minimum atomic E-state index is -1.20. The molecule has 4 aromatic carbocycles. The van der Waals surface area contributed by atoms with Crippen molar-refractivity contribution >= 4 is 74.7 Å². The molecule has 0 unspecified atom stereocenters. The summed E-state index contributed by atoms with van der Waals surface area (Å²) in [5, 5.41) is 48.0. The van der Waals surface area contributed by atoms with Crippen LogP contribution in [-0.2, 0) is 0 Å². The normalized spacial score (nSPS) is 12.0. The third kappa shape index (κ3) is 12.2. The van der Waals surface area contributed by atoms with Crippen LogP contribution in [0.3, 0.4) is 0 Å². The maximum Gasteiger partial charge on any atom is 0.339 e. The van der Waals surface area contributed by atoms with Crippen LogP contribution in [0.15, 0.2) is 83.9 Å². The quantitative estimate of drug-likeness (QED) is 0.0827. The summed E-state index contributed by atoms with van der Waals surface area (Å²) in [4.78, 5) is 22.9. The molecule has 0 spiro atoms. The summed E-state index contributed by atoms with van der Waals surface area (Å²) in [5.74, 6) is -0.0898. The summed E-state index contributed by atoms with van der Waals surface area (Å²) in [6.07, 6.45) is 3.36. The molecule has 0 amide bonds. The second-order valence-corrected chi connectivity index (χ2v) is 12.2. The second-order valence-electron chi connectivity index (χ2n) is 11.4. The van der Waals surface area contributed by atoms with E-state index in [0.717, 1.165) is 11.3 Å². The van der Waals surface area contributed by atoms with E-state index in [1.165, 1.54) is 18.6 Å². The molecule has 1 aliphatic heterocycles. The van der Waals surface area contributed by atoms with Gasteiger partial charge in [0.2, 0.25) is 5.95 Å². The van der Waals surface area contributed by atoms with Crippen LogP contribution >= 0.6 is 23.2 Å². The highest BCUT2D eigenvalue weighted by Gasteiger charge is 2.21. The van der Waals surface area contributed by atoms with Gasteiger partial charge in [-0.2, -0.15) is 5.26 Å². The third-order valence-electron chi connectivity index (χ3n) is 6.84. The number of fused-ring (bicyclic) bond motifs is 2. The zero-order chi connectivity index (χ0) is 40.4. The SMILES string of the molecule is CC.CC.CC(C)/C=C(/Nc1nc2c(O)cc(C#N)cc2[nH]1)c1ccccc1.CCC.O=C(O)c1ccc2c(c1O)NCC(=Nc1cccc(Cl)c1Cl)N2. The van der Waals surface area contributed by atoms with Crippen molar-refractivity contribution in [3.8, 4) is 17.6 Å². The summed E-state index contributed by atoms with van der Waals surface area (Å²) < 4.78 is 0. The number of amidine groups is 1. The van der Waals surface area contributed by atoms with E-state index < -0.39 is 5.97 Å². The summed E-state index contributed by atoms with van der Waals surface area (Å²) in [5.41, 5.74) is 4.61. The smallest absolute Gasteiger partial charge is 0.339 e. The number of hydrogen-bond acceptors (Lipinski definition) is 8. The molecule has 5 aromatic rings. The molecule has 11 nitrogen and oxygen atoms in total. The van der Waals surface area contributed by atoms with E-state index in [9.17, 15) is 15.0 Å². The molecule has 286 valence electrons. The Balaban J connectivity index is 0.000000321. The summed E-state index contributed by atoms with van der Waals surface area (Å²) >= 11 is 12.1. The number of phenolic OH excluding ortho intramolecular Hbond substituents is 1. The van der Waals surface area contributed by atoms with Crippen LogP contribution in [-0.4, -0.2) is 43.6 Å². The van der Waals surface area contributed by atoms with Gasteiger partial charge in [-0.1, -0.05) is 127 Å². The van der Waals surface area contributed by atoms with Crippen LogP contribution in [0, 0.1) is 17.2 Å². The number of halogens is 2. The van der Waals surface area contributed by atoms with E-state index in [4.69, 9.17) is 33.6 Å². The number of carbonyl (C=O) groups is 1. The standard InChI is InChI=1S/C19H18N4O.C15H11Cl2N3O3.C3H8.2C2H6/c1-12(2)8-15(14-6-4-3-5-7-14)21-19-22-16-9-13(11-20)10-17(24)18(16)23-19;16-8-2-1-3-9(12(8)17)19-11-6-18-13-10(20-11)5-4-7(14(13)21)15(22)23;1-3-2;2*1-2/h3-10,12,24H,1-2H3,(H2,21,22,23);1-5,18,21H,6H2,(H,19,20)(H,22,23);3H2,1-2H3;2*1-2H3/b15-8+;;;;. The van der Waals surface area contributed by atoms with Crippen LogP contribution in [0.1, 0.15) is 83.3 Å². The van der Waals surface area contributed by atoms with Crippen molar-refractivity contribution in [3.63, 3.8) is 0 Å². The van der Waals surface area contributed by atoms with Crippen molar-refractivity contribution in [3.05, 3.63) is 106 Å². The van der Waals surface area contributed by atoms with Crippen LogP contribution in [0.2, 0.25) is 10.0 Å². The van der Waals surface area contributed by atoms with Crippen molar-refractivity contribution in [2.24, 2.45) is 10.9 Å². The number of nitrogens with one attached hydrogen (secondary N) is 4. The van der Waals surface area contributed by atoms with Crippen LogP contribution in [0.4, 0.5) is 23.0 Å². The van der Waals surface area contributed by atoms with Gasteiger partial charge in [0, 0.05) is 11.8 Å². The molecule has 0 saturated carbocycles. The minimum Gasteiger partial charge on any atom is -0.506 e.